The van der Waals surface area contributed by atoms with Crippen LogP contribution in [0.4, 0.5) is 16.2 Å². The maximum Gasteiger partial charge on any atom is 0.509 e. The Morgan fingerprint density at radius 3 is 2.12 bits per heavy atom. The second-order valence-electron chi connectivity index (χ2n) is 27.1. The summed E-state index contributed by atoms with van der Waals surface area (Å²) in [6.45, 7) is 20.4. The van der Waals surface area contributed by atoms with Gasteiger partial charge >= 0.3 is 24.1 Å². The molecular weight excluding hydrogens is 1090 g/mol. The molecule has 2 bridgehead atoms. The number of anilines is 2. The fraction of sp³-hybridized carbons (Fsp3) is 0.580. The monoisotopic (exact) mass is 1180 g/mol. The third-order valence-electron chi connectivity index (χ3n) is 20.9. The predicted octanol–water partition coefficient (Wildman–Crippen LogP) is 10.1. The first-order valence-electron chi connectivity index (χ1n) is 30.9. The molecule has 1 spiro atoms. The van der Waals surface area contributed by atoms with Crippen molar-refractivity contribution in [3.05, 3.63) is 124 Å². The van der Waals surface area contributed by atoms with Crippen LogP contribution in [0.1, 0.15) is 138 Å². The molecule has 10 rings (SSSR count). The largest absolute Gasteiger partial charge is 0.509 e. The number of rotatable bonds is 15. The second-order valence-corrected chi connectivity index (χ2v) is 27.1. The Kier molecular flexibility index (Phi) is 17.1. The van der Waals surface area contributed by atoms with Crippen LogP contribution in [0.25, 0.3) is 0 Å². The highest BCUT2D eigenvalue weighted by Gasteiger charge is 2.83. The standard InChI is InChI=1S/C69H90N4O13/c1-13-65(80)36-46-37-68(60(77)82-11,56(26-20-29-71(40-46)41-65)70-47-22-16-15-17-23-47)53-34-52-54(35-55(53)81-10)73(42-74)58-67(52)28-31-72-30-21-27-66(14-2,57(67)72)59(84-45(5)75)69(58,61(78)83-12)86-62(79)85-49-33-44(4)51(64(8,9)39-49)25-19-18-24-50-43(3)32-48(76)38-63(50,6)7/h15-19,21-27,34-35,42,46,48-49,57-59,70,76,80H,13-14,20,28-33,36-41H2,1-12H3/t46-,48-,49-,57+,58-,59-,65+,66-,67-,68+,69+/m1/s1. The van der Waals surface area contributed by atoms with E-state index in [-0.39, 0.29) is 36.0 Å². The number of aliphatic hydroxyl groups is 2. The molecule has 17 nitrogen and oxygen atoms in total. The lowest BCUT2D eigenvalue weighted by Crippen LogP contribution is -2.82. The molecule has 12 atom stereocenters. The number of ether oxygens (including phenoxy) is 6. The number of nitrogens with one attached hydrogen (secondary N) is 1. The van der Waals surface area contributed by atoms with Crippen LogP contribution < -0.4 is 15.0 Å². The van der Waals surface area contributed by atoms with Crippen LogP contribution in [0.2, 0.25) is 0 Å². The normalized spacial score (nSPS) is 34.4. The molecule has 5 aliphatic heterocycles. The summed E-state index contributed by atoms with van der Waals surface area (Å²) in [4.78, 5) is 81.3. The summed E-state index contributed by atoms with van der Waals surface area (Å²) < 4.78 is 38.1. The Hall–Kier alpha value is -6.53. The average molecular weight is 1180 g/mol. The number of hydrogen-bond donors (Lipinski definition) is 3. The lowest BCUT2D eigenvalue weighted by atomic mass is 9.47. The highest BCUT2D eigenvalue weighted by atomic mass is 16.8. The molecule has 1 saturated carbocycles. The zero-order valence-corrected chi connectivity index (χ0v) is 52.5. The van der Waals surface area contributed by atoms with Gasteiger partial charge in [0.05, 0.1) is 38.7 Å². The number of hydrogen-bond acceptors (Lipinski definition) is 16. The van der Waals surface area contributed by atoms with Gasteiger partial charge in [-0.1, -0.05) is 113 Å². The summed E-state index contributed by atoms with van der Waals surface area (Å²) in [5.41, 5.74) is -1.38. The minimum absolute atomic E-state index is 0.171. The summed E-state index contributed by atoms with van der Waals surface area (Å²) in [5, 5.41) is 26.3. The summed E-state index contributed by atoms with van der Waals surface area (Å²) in [5.74, 6) is -2.36. The molecule has 5 heterocycles. The van der Waals surface area contributed by atoms with Gasteiger partial charge in [0, 0.05) is 79.4 Å². The quantitative estimate of drug-likeness (QED) is 0.0499. The minimum atomic E-state index is -2.59. The van der Waals surface area contributed by atoms with E-state index in [1.54, 1.807) is 6.07 Å². The Labute approximate surface area is 507 Å². The Morgan fingerprint density at radius 2 is 1.50 bits per heavy atom. The van der Waals surface area contributed by atoms with Crippen molar-refractivity contribution in [1.29, 1.82) is 0 Å². The minimum Gasteiger partial charge on any atom is -0.496 e. The van der Waals surface area contributed by atoms with E-state index in [0.717, 1.165) is 16.8 Å². The van der Waals surface area contributed by atoms with E-state index in [2.05, 4.69) is 61.9 Å². The van der Waals surface area contributed by atoms with Crippen molar-refractivity contribution >= 4 is 41.8 Å². The van der Waals surface area contributed by atoms with Crippen LogP contribution in [0.15, 0.2) is 113 Å². The number of carbonyl (C=O) groups is 5. The fourth-order valence-corrected chi connectivity index (χ4v) is 17.8. The molecule has 8 aliphatic rings. The molecule has 3 aliphatic carbocycles. The van der Waals surface area contributed by atoms with E-state index in [0.29, 0.717) is 113 Å². The number of aliphatic hydroxyl groups excluding tert-OH is 1. The van der Waals surface area contributed by atoms with E-state index in [9.17, 15) is 19.8 Å². The molecule has 86 heavy (non-hydrogen) atoms. The topological polar surface area (TPSA) is 203 Å². The third kappa shape index (κ3) is 10.3. The summed E-state index contributed by atoms with van der Waals surface area (Å²) in [7, 11) is 4.07. The average Bonchev–Trinajstić information content (AvgIpc) is 1.49. The van der Waals surface area contributed by atoms with Gasteiger partial charge in [0.25, 0.3) is 5.60 Å². The number of carbonyl (C=O) groups excluding carboxylic acids is 5. The van der Waals surface area contributed by atoms with Crippen molar-refractivity contribution < 1.29 is 62.6 Å². The maximum atomic E-state index is 15.8. The van der Waals surface area contributed by atoms with Crippen molar-refractivity contribution in [2.75, 3.05) is 64.3 Å². The number of allylic oxidation sites excluding steroid dienone is 6. The molecule has 0 aromatic heterocycles. The van der Waals surface area contributed by atoms with Gasteiger partial charge < -0.3 is 48.9 Å². The van der Waals surface area contributed by atoms with Crippen molar-refractivity contribution in [1.82, 2.24) is 9.80 Å². The highest BCUT2D eigenvalue weighted by Crippen LogP contribution is 2.69. The Bertz CT molecular complexity index is 3200. The molecule has 0 radical (unpaired) electrons. The first-order chi connectivity index (χ1) is 40.9. The summed E-state index contributed by atoms with van der Waals surface area (Å²) in [6, 6.07) is 11.3. The number of amides is 1. The molecule has 3 N–H and O–H groups in total. The number of benzene rings is 2. The number of nitrogens with zero attached hydrogens (tertiary/aromatic N) is 3. The second kappa shape index (κ2) is 23.5. The molecule has 17 heteroatoms. The van der Waals surface area contributed by atoms with Crippen molar-refractivity contribution in [2.24, 2.45) is 22.2 Å². The van der Waals surface area contributed by atoms with Crippen LogP contribution >= 0.6 is 0 Å². The van der Waals surface area contributed by atoms with Crippen LogP contribution in [0, 0.1) is 22.2 Å². The molecule has 3 fully saturated rings. The van der Waals surface area contributed by atoms with Gasteiger partial charge in [-0.2, -0.15) is 0 Å². The zero-order chi connectivity index (χ0) is 61.9. The Balaban J connectivity index is 1.12. The van der Waals surface area contributed by atoms with E-state index in [4.69, 9.17) is 28.4 Å². The van der Waals surface area contributed by atoms with Gasteiger partial charge in [0.15, 0.2) is 6.10 Å². The van der Waals surface area contributed by atoms with Crippen LogP contribution in [-0.2, 0) is 53.7 Å². The molecule has 2 saturated heterocycles. The predicted molar refractivity (Wildman–Crippen MR) is 327 cm³/mol. The number of para-hydroxylation sites is 1. The lowest BCUT2D eigenvalue weighted by molar-refractivity contribution is -0.233. The van der Waals surface area contributed by atoms with Gasteiger partial charge in [-0.05, 0) is 130 Å². The number of methoxy groups -OCH3 is 3. The van der Waals surface area contributed by atoms with Crippen molar-refractivity contribution in [2.45, 2.75) is 179 Å². The number of esters is 3. The first kappa shape index (κ1) is 62.5. The maximum absolute atomic E-state index is 15.8. The van der Waals surface area contributed by atoms with Crippen LogP contribution in [-0.4, -0.2) is 146 Å². The fourth-order valence-electron chi connectivity index (χ4n) is 17.8. The number of piperidine rings is 1. The molecule has 2 aromatic rings. The van der Waals surface area contributed by atoms with E-state index in [1.807, 2.05) is 87.5 Å². The SMILES string of the molecule is CC[C@]1(O)C[C@H]2CN(CCC=C(Nc3ccccc3)[C@@](C(=O)OC)(c3cc4c(cc3OC)N(C=O)[C@H]3[C@@](OC(=O)O[C@@H]5CC(C)=C(C=CC=CC6=C(C)C[C@@H](O)CC6(C)C)C(C)(C)C5)(C(=O)OC)[C@H](OC(C)=O)[C@]5(CC)C=CCN6CC[C@]43[C@@H]65)C2)C1. The smallest absolute Gasteiger partial charge is 0.496 e. The molecule has 1 unspecified atom stereocenters. The lowest BCUT2D eigenvalue weighted by Gasteiger charge is -2.63. The van der Waals surface area contributed by atoms with Gasteiger partial charge in [-0.15, -0.1) is 0 Å². The van der Waals surface area contributed by atoms with Crippen LogP contribution in [0.5, 0.6) is 5.75 Å². The van der Waals surface area contributed by atoms with Gasteiger partial charge in [-0.25, -0.2) is 9.59 Å². The van der Waals surface area contributed by atoms with Gasteiger partial charge in [0.2, 0.25) is 6.41 Å². The highest BCUT2D eigenvalue weighted by molar-refractivity contribution is 5.96. The van der Waals surface area contributed by atoms with E-state index < -0.39 is 81.2 Å². The Morgan fingerprint density at radius 1 is 0.814 bits per heavy atom. The molecule has 464 valence electrons. The zero-order valence-electron chi connectivity index (χ0n) is 52.5. The van der Waals surface area contributed by atoms with Crippen LogP contribution in [0.3, 0.4) is 0 Å². The summed E-state index contributed by atoms with van der Waals surface area (Å²) in [6.07, 6.45) is 15.4. The van der Waals surface area contributed by atoms with E-state index >= 15 is 14.4 Å². The molecule has 2 aromatic carbocycles. The third-order valence-corrected chi connectivity index (χ3v) is 20.9. The summed E-state index contributed by atoms with van der Waals surface area (Å²) >= 11 is 0. The molecule has 1 amide bonds. The van der Waals surface area contributed by atoms with E-state index in [1.165, 1.54) is 44.3 Å². The van der Waals surface area contributed by atoms with Crippen molar-refractivity contribution in [3.8, 4) is 5.75 Å². The van der Waals surface area contributed by atoms with Crippen molar-refractivity contribution in [3.63, 3.8) is 0 Å². The molecular formula is C69H90N4O13. The first-order valence-corrected chi connectivity index (χ1v) is 30.9. The number of fused-ring (bicyclic) bond motifs is 3. The van der Waals surface area contributed by atoms with Gasteiger partial charge in [0.1, 0.15) is 23.3 Å². The van der Waals surface area contributed by atoms with Gasteiger partial charge in [-0.3, -0.25) is 24.2 Å².